The van der Waals surface area contributed by atoms with Crippen molar-refractivity contribution in [1.82, 2.24) is 15.0 Å². The summed E-state index contributed by atoms with van der Waals surface area (Å²) >= 11 is 0. The van der Waals surface area contributed by atoms with E-state index in [4.69, 9.17) is 5.73 Å². The molecule has 1 aromatic carbocycles. The van der Waals surface area contributed by atoms with Crippen molar-refractivity contribution in [2.24, 2.45) is 0 Å². The Kier molecular flexibility index (Phi) is 2.35. The molecule has 0 saturated heterocycles. The van der Waals surface area contributed by atoms with E-state index < -0.39 is 0 Å². The molecule has 1 heterocycles. The highest BCUT2D eigenvalue weighted by Gasteiger charge is 2.03. The Bertz CT molecular complexity index is 433. The Morgan fingerprint density at radius 2 is 2.29 bits per heavy atom. The molecule has 2 rings (SSSR count). The molecule has 0 unspecified atom stereocenters. The topological polar surface area (TPSA) is 56.7 Å². The molecule has 4 heteroatoms. The molecule has 0 aliphatic carbocycles. The van der Waals surface area contributed by atoms with Gasteiger partial charge < -0.3 is 5.73 Å². The molecule has 0 aliphatic rings. The van der Waals surface area contributed by atoms with Crippen LogP contribution in [0.2, 0.25) is 0 Å². The van der Waals surface area contributed by atoms with Crippen LogP contribution in [0.15, 0.2) is 18.2 Å². The van der Waals surface area contributed by atoms with Crippen LogP contribution in [0.3, 0.4) is 0 Å². The predicted octanol–water partition coefficient (Wildman–Crippen LogP) is 1.81. The molecular formula is C10H14N4. The smallest absolute Gasteiger partial charge is 0.115 e. The molecule has 0 aliphatic heterocycles. The summed E-state index contributed by atoms with van der Waals surface area (Å²) in [6, 6.07) is 5.71. The van der Waals surface area contributed by atoms with Crippen molar-refractivity contribution in [2.45, 2.75) is 26.3 Å². The van der Waals surface area contributed by atoms with Gasteiger partial charge in [0.2, 0.25) is 0 Å². The number of hydrogen-bond acceptors (Lipinski definition) is 3. The van der Waals surface area contributed by atoms with Gasteiger partial charge in [0.1, 0.15) is 5.52 Å². The van der Waals surface area contributed by atoms with Gasteiger partial charge in [-0.1, -0.05) is 18.6 Å². The number of nitrogen functional groups attached to an aromatic ring is 1. The molecule has 0 spiro atoms. The Balaban J connectivity index is 2.37. The summed E-state index contributed by atoms with van der Waals surface area (Å²) in [7, 11) is 0. The van der Waals surface area contributed by atoms with Crippen molar-refractivity contribution in [3.8, 4) is 0 Å². The third kappa shape index (κ3) is 1.55. The first-order chi connectivity index (χ1) is 6.81. The number of anilines is 1. The average Bonchev–Trinajstić information content (AvgIpc) is 2.57. The van der Waals surface area contributed by atoms with Crippen molar-refractivity contribution in [3.63, 3.8) is 0 Å². The maximum Gasteiger partial charge on any atom is 0.115 e. The molecule has 0 saturated carbocycles. The van der Waals surface area contributed by atoms with E-state index in [0.29, 0.717) is 0 Å². The lowest BCUT2D eigenvalue weighted by Crippen LogP contribution is -1.99. The highest BCUT2D eigenvalue weighted by atomic mass is 15.4. The minimum absolute atomic E-state index is 0.736. The summed E-state index contributed by atoms with van der Waals surface area (Å²) in [5.41, 5.74) is 8.33. The van der Waals surface area contributed by atoms with Gasteiger partial charge >= 0.3 is 0 Å². The fourth-order valence-electron chi connectivity index (χ4n) is 1.46. The minimum atomic E-state index is 0.736. The molecule has 2 aromatic rings. The van der Waals surface area contributed by atoms with Crippen LogP contribution in [0.25, 0.3) is 11.0 Å². The van der Waals surface area contributed by atoms with E-state index >= 15 is 0 Å². The number of fused-ring (bicyclic) bond motifs is 1. The normalized spacial score (nSPS) is 10.9. The first kappa shape index (κ1) is 8.99. The summed E-state index contributed by atoms with van der Waals surface area (Å²) in [5.74, 6) is 0. The van der Waals surface area contributed by atoms with E-state index in [1.54, 1.807) is 0 Å². The molecule has 0 radical (unpaired) electrons. The average molecular weight is 190 g/mol. The fourth-order valence-corrected chi connectivity index (χ4v) is 1.46. The van der Waals surface area contributed by atoms with Crippen LogP contribution in [0.5, 0.6) is 0 Å². The molecule has 74 valence electrons. The lowest BCUT2D eigenvalue weighted by molar-refractivity contribution is 0.567. The molecule has 1 aromatic heterocycles. The number of rotatable bonds is 3. The number of nitrogens with two attached hydrogens (primary N) is 1. The van der Waals surface area contributed by atoms with Crippen molar-refractivity contribution in [3.05, 3.63) is 18.2 Å². The first-order valence-electron chi connectivity index (χ1n) is 4.90. The van der Waals surface area contributed by atoms with E-state index in [-0.39, 0.29) is 0 Å². The molecule has 0 atom stereocenters. The second-order valence-electron chi connectivity index (χ2n) is 3.41. The van der Waals surface area contributed by atoms with Crippen LogP contribution < -0.4 is 5.73 Å². The van der Waals surface area contributed by atoms with E-state index in [1.807, 2.05) is 22.9 Å². The zero-order chi connectivity index (χ0) is 9.97. The molecule has 0 fully saturated rings. The van der Waals surface area contributed by atoms with Crippen LogP contribution in [0.4, 0.5) is 5.69 Å². The van der Waals surface area contributed by atoms with Gasteiger partial charge in [0, 0.05) is 12.2 Å². The second-order valence-corrected chi connectivity index (χ2v) is 3.41. The van der Waals surface area contributed by atoms with Gasteiger partial charge in [-0.15, -0.1) is 5.10 Å². The van der Waals surface area contributed by atoms with Crippen molar-refractivity contribution >= 4 is 16.7 Å². The molecule has 0 bridgehead atoms. The number of aromatic nitrogens is 3. The molecular weight excluding hydrogens is 176 g/mol. The van der Waals surface area contributed by atoms with Gasteiger partial charge in [-0.2, -0.15) is 0 Å². The van der Waals surface area contributed by atoms with Crippen LogP contribution in [-0.2, 0) is 6.54 Å². The highest BCUT2D eigenvalue weighted by Crippen LogP contribution is 2.14. The standard InChI is InChI=1S/C10H14N4/c1-2-3-6-14-10-5-4-8(11)7-9(10)12-13-14/h4-5,7H,2-3,6,11H2,1H3. The lowest BCUT2D eigenvalue weighted by Gasteiger charge is -1.99. The molecule has 0 amide bonds. The van der Waals surface area contributed by atoms with E-state index in [9.17, 15) is 0 Å². The van der Waals surface area contributed by atoms with Gasteiger partial charge in [0.05, 0.1) is 5.52 Å². The molecule has 14 heavy (non-hydrogen) atoms. The largest absolute Gasteiger partial charge is 0.399 e. The highest BCUT2D eigenvalue weighted by molar-refractivity contribution is 5.77. The Morgan fingerprint density at radius 1 is 1.43 bits per heavy atom. The summed E-state index contributed by atoms with van der Waals surface area (Å²) in [4.78, 5) is 0. The third-order valence-electron chi connectivity index (χ3n) is 2.26. The van der Waals surface area contributed by atoms with Crippen LogP contribution in [-0.4, -0.2) is 15.0 Å². The number of benzene rings is 1. The summed E-state index contributed by atoms with van der Waals surface area (Å²) in [6.07, 6.45) is 2.29. The van der Waals surface area contributed by atoms with Crippen LogP contribution >= 0.6 is 0 Å². The van der Waals surface area contributed by atoms with Gasteiger partial charge in [0.25, 0.3) is 0 Å². The Labute approximate surface area is 82.7 Å². The first-order valence-corrected chi connectivity index (χ1v) is 4.90. The number of nitrogens with zero attached hydrogens (tertiary/aromatic N) is 3. The maximum atomic E-state index is 5.66. The SMILES string of the molecule is CCCCn1nnc2cc(N)ccc21. The van der Waals surface area contributed by atoms with Gasteiger partial charge in [-0.05, 0) is 24.6 Å². The fraction of sp³-hybridized carbons (Fsp3) is 0.400. The zero-order valence-corrected chi connectivity index (χ0v) is 8.27. The monoisotopic (exact) mass is 190 g/mol. The lowest BCUT2D eigenvalue weighted by atomic mass is 10.2. The van der Waals surface area contributed by atoms with Gasteiger partial charge in [-0.25, -0.2) is 4.68 Å². The summed E-state index contributed by atoms with van der Waals surface area (Å²) < 4.78 is 1.93. The Morgan fingerprint density at radius 3 is 3.07 bits per heavy atom. The summed E-state index contributed by atoms with van der Waals surface area (Å²) in [5, 5.41) is 8.15. The van der Waals surface area contributed by atoms with Crippen LogP contribution in [0.1, 0.15) is 19.8 Å². The quantitative estimate of drug-likeness (QED) is 0.751. The van der Waals surface area contributed by atoms with Gasteiger partial charge in [0.15, 0.2) is 0 Å². The van der Waals surface area contributed by atoms with Crippen LogP contribution in [0, 0.1) is 0 Å². The minimum Gasteiger partial charge on any atom is -0.399 e. The predicted molar refractivity (Wildman–Crippen MR) is 56.8 cm³/mol. The third-order valence-corrected chi connectivity index (χ3v) is 2.26. The zero-order valence-electron chi connectivity index (χ0n) is 8.27. The summed E-state index contributed by atoms with van der Waals surface area (Å²) in [6.45, 7) is 3.09. The van der Waals surface area contributed by atoms with E-state index in [1.165, 1.54) is 0 Å². The van der Waals surface area contributed by atoms with Crippen molar-refractivity contribution in [1.29, 1.82) is 0 Å². The molecule has 4 nitrogen and oxygen atoms in total. The number of hydrogen-bond donors (Lipinski definition) is 1. The Hall–Kier alpha value is -1.58. The second kappa shape index (κ2) is 3.65. The van der Waals surface area contributed by atoms with Gasteiger partial charge in [-0.3, -0.25) is 0 Å². The molecule has 2 N–H and O–H groups in total. The number of aryl methyl sites for hydroxylation is 1. The van der Waals surface area contributed by atoms with Crippen molar-refractivity contribution < 1.29 is 0 Å². The number of unbranched alkanes of at least 4 members (excludes halogenated alkanes) is 1. The maximum absolute atomic E-state index is 5.66. The van der Waals surface area contributed by atoms with E-state index in [0.717, 1.165) is 36.1 Å². The van der Waals surface area contributed by atoms with E-state index in [2.05, 4.69) is 17.2 Å². The van der Waals surface area contributed by atoms with Crippen molar-refractivity contribution in [2.75, 3.05) is 5.73 Å².